The summed E-state index contributed by atoms with van der Waals surface area (Å²) in [5, 5.41) is 4.94. The highest BCUT2D eigenvalue weighted by atomic mass is 19.4. The number of hydrogen-bond acceptors (Lipinski definition) is 2. The van der Waals surface area contributed by atoms with Crippen LogP contribution in [0, 0.1) is 0 Å². The Bertz CT molecular complexity index is 483. The van der Waals surface area contributed by atoms with Crippen LogP contribution in [0.2, 0.25) is 0 Å². The molecule has 2 N–H and O–H groups in total. The van der Waals surface area contributed by atoms with Crippen LogP contribution in [0.5, 0.6) is 0 Å². The average Bonchev–Trinajstić information content (AvgIpc) is 2.38. The molecule has 0 aromatic heterocycles. The van der Waals surface area contributed by atoms with E-state index in [1.54, 1.807) is 6.92 Å². The molecular weight excluding hydrogens is 273 g/mol. The third-order valence-electron chi connectivity index (χ3n) is 2.57. The van der Waals surface area contributed by atoms with Crippen LogP contribution in [0.4, 0.5) is 13.2 Å². The summed E-state index contributed by atoms with van der Waals surface area (Å²) in [6.07, 6.45) is -4.44. The van der Waals surface area contributed by atoms with E-state index in [0.29, 0.717) is 6.54 Å². The van der Waals surface area contributed by atoms with Gasteiger partial charge in [0, 0.05) is 12.1 Å². The summed E-state index contributed by atoms with van der Waals surface area (Å²) in [6.45, 7) is 3.66. The Balaban J connectivity index is 2.71. The van der Waals surface area contributed by atoms with E-state index in [1.165, 1.54) is 6.92 Å². The lowest BCUT2D eigenvalue weighted by molar-refractivity contribution is -0.137. The molecule has 0 aliphatic rings. The van der Waals surface area contributed by atoms with Crippen LogP contribution in [0.3, 0.4) is 0 Å². The number of carbonyl (C=O) groups is 2. The molecule has 0 unspecified atom stereocenters. The van der Waals surface area contributed by atoms with Crippen molar-refractivity contribution >= 4 is 11.8 Å². The molecule has 20 heavy (non-hydrogen) atoms. The van der Waals surface area contributed by atoms with Gasteiger partial charge in [-0.2, -0.15) is 13.2 Å². The van der Waals surface area contributed by atoms with Gasteiger partial charge in [-0.1, -0.05) is 0 Å². The molecule has 1 rings (SSSR count). The number of rotatable bonds is 4. The van der Waals surface area contributed by atoms with E-state index in [1.807, 2.05) is 0 Å². The fourth-order valence-corrected chi connectivity index (χ4v) is 1.48. The second-order valence-corrected chi connectivity index (χ2v) is 4.16. The van der Waals surface area contributed by atoms with Gasteiger partial charge in [-0.3, -0.25) is 9.59 Å². The van der Waals surface area contributed by atoms with Gasteiger partial charge >= 0.3 is 6.18 Å². The largest absolute Gasteiger partial charge is 0.416 e. The topological polar surface area (TPSA) is 58.2 Å². The predicted molar refractivity (Wildman–Crippen MR) is 67.1 cm³/mol. The van der Waals surface area contributed by atoms with Gasteiger partial charge < -0.3 is 10.6 Å². The molecule has 0 saturated heterocycles. The van der Waals surface area contributed by atoms with Crippen LogP contribution in [0.15, 0.2) is 24.3 Å². The monoisotopic (exact) mass is 288 g/mol. The van der Waals surface area contributed by atoms with Crippen molar-refractivity contribution in [2.75, 3.05) is 6.54 Å². The lowest BCUT2D eigenvalue weighted by Gasteiger charge is -2.13. The molecule has 0 aliphatic carbocycles. The van der Waals surface area contributed by atoms with Gasteiger partial charge in [0.2, 0.25) is 5.91 Å². The molecule has 2 amide bonds. The summed E-state index contributed by atoms with van der Waals surface area (Å²) in [7, 11) is 0. The number of nitrogens with one attached hydrogen (secondary N) is 2. The number of carbonyl (C=O) groups excluding carboxylic acids is 2. The van der Waals surface area contributed by atoms with Gasteiger partial charge in [0.15, 0.2) is 0 Å². The van der Waals surface area contributed by atoms with E-state index in [2.05, 4.69) is 10.6 Å². The SMILES string of the molecule is CCNC(=O)[C@@H](C)NC(=O)c1ccc(C(F)(F)F)cc1. The van der Waals surface area contributed by atoms with Crippen molar-refractivity contribution in [2.24, 2.45) is 0 Å². The van der Waals surface area contributed by atoms with Crippen molar-refractivity contribution in [3.63, 3.8) is 0 Å². The van der Waals surface area contributed by atoms with E-state index in [4.69, 9.17) is 0 Å². The van der Waals surface area contributed by atoms with E-state index >= 15 is 0 Å². The second-order valence-electron chi connectivity index (χ2n) is 4.16. The highest BCUT2D eigenvalue weighted by Crippen LogP contribution is 2.29. The van der Waals surface area contributed by atoms with Gasteiger partial charge in [-0.25, -0.2) is 0 Å². The molecule has 1 aromatic rings. The maximum atomic E-state index is 12.4. The standard InChI is InChI=1S/C13H15F3N2O2/c1-3-17-11(19)8(2)18-12(20)9-4-6-10(7-5-9)13(14,15)16/h4-8H,3H2,1-2H3,(H,17,19)(H,18,20)/t8-/m1/s1. The van der Waals surface area contributed by atoms with Crippen LogP contribution in [0.1, 0.15) is 29.8 Å². The van der Waals surface area contributed by atoms with Gasteiger partial charge in [-0.15, -0.1) is 0 Å². The number of amides is 2. The fraction of sp³-hybridized carbons (Fsp3) is 0.385. The fourth-order valence-electron chi connectivity index (χ4n) is 1.48. The number of alkyl halides is 3. The second kappa shape index (κ2) is 6.40. The molecule has 0 saturated carbocycles. The Morgan fingerprint density at radius 1 is 1.20 bits per heavy atom. The first kappa shape index (κ1) is 16.0. The van der Waals surface area contributed by atoms with Gasteiger partial charge in [0.05, 0.1) is 5.56 Å². The Morgan fingerprint density at radius 3 is 2.20 bits per heavy atom. The maximum Gasteiger partial charge on any atom is 0.416 e. The molecule has 1 atom stereocenters. The summed E-state index contributed by atoms with van der Waals surface area (Å²) in [5.41, 5.74) is -0.764. The first-order chi connectivity index (χ1) is 9.25. The lowest BCUT2D eigenvalue weighted by Crippen LogP contribution is -2.44. The third-order valence-corrected chi connectivity index (χ3v) is 2.57. The third kappa shape index (κ3) is 4.25. The molecule has 0 spiro atoms. The Hall–Kier alpha value is -2.05. The smallest absolute Gasteiger partial charge is 0.355 e. The Morgan fingerprint density at radius 2 is 1.75 bits per heavy atom. The molecule has 0 aliphatic heterocycles. The summed E-state index contributed by atoms with van der Waals surface area (Å²) in [4.78, 5) is 23.2. The highest BCUT2D eigenvalue weighted by Gasteiger charge is 2.30. The van der Waals surface area contributed by atoms with Crippen molar-refractivity contribution in [2.45, 2.75) is 26.1 Å². The van der Waals surface area contributed by atoms with Crippen LogP contribution in [-0.4, -0.2) is 24.4 Å². The molecule has 0 fully saturated rings. The number of likely N-dealkylation sites (N-methyl/N-ethyl adjacent to an activating group) is 1. The Labute approximate surface area is 114 Å². The lowest BCUT2D eigenvalue weighted by atomic mass is 10.1. The summed E-state index contributed by atoms with van der Waals surface area (Å²) in [6, 6.07) is 3.03. The Kier molecular flexibility index (Phi) is 5.12. The van der Waals surface area contributed by atoms with Crippen LogP contribution in [-0.2, 0) is 11.0 Å². The van der Waals surface area contributed by atoms with Crippen molar-refractivity contribution in [3.05, 3.63) is 35.4 Å². The van der Waals surface area contributed by atoms with E-state index in [-0.39, 0.29) is 11.5 Å². The summed E-state index contributed by atoms with van der Waals surface area (Å²) < 4.78 is 37.1. The maximum absolute atomic E-state index is 12.4. The van der Waals surface area contributed by atoms with Crippen LogP contribution >= 0.6 is 0 Å². The zero-order chi connectivity index (χ0) is 15.3. The van der Waals surface area contributed by atoms with Gasteiger partial charge in [-0.05, 0) is 38.1 Å². The molecular formula is C13H15F3N2O2. The number of halogens is 3. The van der Waals surface area contributed by atoms with E-state index in [9.17, 15) is 22.8 Å². The number of hydrogen-bond donors (Lipinski definition) is 2. The minimum atomic E-state index is -4.44. The predicted octanol–water partition coefficient (Wildman–Crippen LogP) is 1.96. The molecule has 7 heteroatoms. The molecule has 0 heterocycles. The van der Waals surface area contributed by atoms with E-state index < -0.39 is 23.7 Å². The van der Waals surface area contributed by atoms with Crippen molar-refractivity contribution in [1.82, 2.24) is 10.6 Å². The van der Waals surface area contributed by atoms with Crippen molar-refractivity contribution < 1.29 is 22.8 Å². The van der Waals surface area contributed by atoms with Crippen molar-refractivity contribution in [3.8, 4) is 0 Å². The van der Waals surface area contributed by atoms with Crippen LogP contribution < -0.4 is 10.6 Å². The van der Waals surface area contributed by atoms with Crippen molar-refractivity contribution in [1.29, 1.82) is 0 Å². The molecule has 0 bridgehead atoms. The molecule has 110 valence electrons. The number of benzene rings is 1. The van der Waals surface area contributed by atoms with Gasteiger partial charge in [0.1, 0.15) is 6.04 Å². The van der Waals surface area contributed by atoms with Crippen LogP contribution in [0.25, 0.3) is 0 Å². The molecule has 1 aromatic carbocycles. The quantitative estimate of drug-likeness (QED) is 0.890. The molecule has 4 nitrogen and oxygen atoms in total. The average molecular weight is 288 g/mol. The summed E-state index contributed by atoms with van der Waals surface area (Å²) >= 11 is 0. The highest BCUT2D eigenvalue weighted by molar-refractivity contribution is 5.97. The van der Waals surface area contributed by atoms with E-state index in [0.717, 1.165) is 24.3 Å². The summed E-state index contributed by atoms with van der Waals surface area (Å²) in [5.74, 6) is -0.953. The minimum absolute atomic E-state index is 0.0640. The zero-order valence-corrected chi connectivity index (χ0v) is 11.0. The zero-order valence-electron chi connectivity index (χ0n) is 11.0. The first-order valence-corrected chi connectivity index (χ1v) is 6.01. The van der Waals surface area contributed by atoms with Gasteiger partial charge in [0.25, 0.3) is 5.91 Å². The molecule has 0 radical (unpaired) electrons. The minimum Gasteiger partial charge on any atom is -0.355 e. The first-order valence-electron chi connectivity index (χ1n) is 6.01. The normalized spacial score (nSPS) is 12.7.